The molecule has 1 atom stereocenters. The number of nitrogens with zero attached hydrogens (tertiary/aromatic N) is 1. The summed E-state index contributed by atoms with van der Waals surface area (Å²) >= 11 is 1.93. The van der Waals surface area contributed by atoms with E-state index in [0.717, 1.165) is 31.9 Å². The normalized spacial score (nSPS) is 20.6. The Balaban J connectivity index is 1.57. The number of halogens is 4. The van der Waals surface area contributed by atoms with Gasteiger partial charge in [-0.05, 0) is 72.3 Å². The number of rotatable bonds is 4. The van der Waals surface area contributed by atoms with Crippen LogP contribution >= 0.6 is 22.6 Å². The summed E-state index contributed by atoms with van der Waals surface area (Å²) in [5, 5.41) is 16.6. The van der Waals surface area contributed by atoms with Crippen LogP contribution in [-0.2, 0) is 0 Å². The summed E-state index contributed by atoms with van der Waals surface area (Å²) in [5.41, 5.74) is -1.65. The summed E-state index contributed by atoms with van der Waals surface area (Å²) in [6, 6.07) is 6.19. The van der Waals surface area contributed by atoms with Gasteiger partial charge < -0.3 is 20.6 Å². The summed E-state index contributed by atoms with van der Waals surface area (Å²) in [6.07, 6.45) is 2.88. The van der Waals surface area contributed by atoms with Gasteiger partial charge in [0, 0.05) is 9.61 Å². The van der Waals surface area contributed by atoms with Crippen molar-refractivity contribution >= 4 is 39.9 Å². The van der Waals surface area contributed by atoms with Gasteiger partial charge in [-0.25, -0.2) is 13.2 Å². The lowest BCUT2D eigenvalue weighted by molar-refractivity contribution is -0.108. The van der Waals surface area contributed by atoms with Gasteiger partial charge in [0.25, 0.3) is 5.91 Å². The van der Waals surface area contributed by atoms with Crippen molar-refractivity contribution in [3.63, 3.8) is 0 Å². The lowest BCUT2D eigenvalue weighted by Crippen LogP contribution is -2.72. The molecule has 160 valence electrons. The zero-order chi connectivity index (χ0) is 21.5. The van der Waals surface area contributed by atoms with E-state index >= 15 is 0 Å². The molecule has 9 heteroatoms. The van der Waals surface area contributed by atoms with Crippen molar-refractivity contribution in [3.8, 4) is 0 Å². The molecule has 2 aliphatic rings. The van der Waals surface area contributed by atoms with E-state index < -0.39 is 34.6 Å². The second-order valence-corrected chi connectivity index (χ2v) is 9.05. The highest BCUT2D eigenvalue weighted by Gasteiger charge is 2.49. The zero-order valence-corrected chi connectivity index (χ0v) is 18.2. The van der Waals surface area contributed by atoms with E-state index in [1.165, 1.54) is 23.1 Å². The van der Waals surface area contributed by atoms with Crippen LogP contribution in [0.4, 0.5) is 24.5 Å². The minimum atomic E-state index is -1.26. The highest BCUT2D eigenvalue weighted by atomic mass is 127. The second kappa shape index (κ2) is 8.35. The third-order valence-corrected chi connectivity index (χ3v) is 6.36. The molecule has 1 amide bonds. The maximum Gasteiger partial charge on any atom is 0.256 e. The van der Waals surface area contributed by atoms with Crippen molar-refractivity contribution in [2.75, 3.05) is 25.0 Å². The van der Waals surface area contributed by atoms with E-state index in [9.17, 15) is 23.1 Å². The Morgan fingerprint density at radius 1 is 1.33 bits per heavy atom. The summed E-state index contributed by atoms with van der Waals surface area (Å²) in [4.78, 5) is 14.4. The van der Waals surface area contributed by atoms with Crippen LogP contribution < -0.4 is 10.6 Å². The maximum absolute atomic E-state index is 14.6. The zero-order valence-electron chi connectivity index (χ0n) is 16.0. The lowest BCUT2D eigenvalue weighted by Gasteiger charge is -2.51. The molecule has 2 aromatic rings. The third-order valence-electron chi connectivity index (χ3n) is 5.69. The Labute approximate surface area is 185 Å². The molecule has 2 fully saturated rings. The molecule has 2 aliphatic heterocycles. The molecular weight excluding hydrogens is 522 g/mol. The Bertz CT molecular complexity index is 976. The largest absolute Gasteiger partial charge is 0.385 e. The van der Waals surface area contributed by atoms with Gasteiger partial charge in [-0.1, -0.05) is 6.42 Å². The van der Waals surface area contributed by atoms with Crippen LogP contribution in [0.3, 0.4) is 0 Å². The lowest BCUT2D eigenvalue weighted by atomic mass is 9.81. The average Bonchev–Trinajstić information content (AvgIpc) is 2.71. The van der Waals surface area contributed by atoms with Crippen LogP contribution in [0.1, 0.15) is 29.6 Å². The number of nitrogens with one attached hydrogen (secondary N) is 2. The number of aliphatic hydroxyl groups is 1. The second-order valence-electron chi connectivity index (χ2n) is 7.80. The predicted molar refractivity (Wildman–Crippen MR) is 115 cm³/mol. The van der Waals surface area contributed by atoms with E-state index in [0.29, 0.717) is 3.57 Å². The first-order valence-electron chi connectivity index (χ1n) is 9.73. The van der Waals surface area contributed by atoms with Crippen molar-refractivity contribution in [3.05, 3.63) is 56.9 Å². The van der Waals surface area contributed by atoms with E-state index in [2.05, 4.69) is 10.6 Å². The molecule has 0 unspecified atom stereocenters. The van der Waals surface area contributed by atoms with Crippen molar-refractivity contribution in [2.24, 2.45) is 0 Å². The standard InChI is InChI=1S/C21H21F3IN3O2/c22-14-6-5-13(19(18(14)24)27-16-7-4-12(25)9-15(16)23)20(29)28-10-21(30,11-28)17-3-1-2-8-26-17/h4-7,9,17,26-27,30H,1-3,8,10-11H2/t17-/m0/s1/i4+2,7+2,9+2,12+2,15+2,16+2. The quantitative estimate of drug-likeness (QED) is 0.514. The van der Waals surface area contributed by atoms with Crippen LogP contribution in [0.2, 0.25) is 0 Å². The predicted octanol–water partition coefficient (Wildman–Crippen LogP) is 3.78. The molecule has 3 N–H and O–H groups in total. The molecule has 2 saturated heterocycles. The number of likely N-dealkylation sites (tertiary alicyclic amines) is 1. The molecule has 0 spiro atoms. The topological polar surface area (TPSA) is 64.6 Å². The van der Waals surface area contributed by atoms with Crippen molar-refractivity contribution in [1.29, 1.82) is 0 Å². The number of hydrogen-bond acceptors (Lipinski definition) is 4. The summed E-state index contributed by atoms with van der Waals surface area (Å²) in [6.45, 7) is 1.01. The van der Waals surface area contributed by atoms with E-state index in [-0.39, 0.29) is 30.4 Å². The SMILES string of the molecule is O=C(c1ccc(F)c(F)c1N[14c]1[14cH][14cH][14c](I)[14cH][14c]1F)N1CC(O)([C@@H]2CCCCN2)C1. The monoisotopic (exact) mass is 543 g/mol. The van der Waals surface area contributed by atoms with Gasteiger partial charge in [0.15, 0.2) is 11.6 Å². The van der Waals surface area contributed by atoms with Gasteiger partial charge in [-0.2, -0.15) is 0 Å². The molecule has 5 nitrogen and oxygen atoms in total. The number of piperidine rings is 1. The minimum absolute atomic E-state index is 0.0690. The van der Waals surface area contributed by atoms with Crippen LogP contribution in [-0.4, -0.2) is 47.2 Å². The molecule has 4 rings (SSSR count). The van der Waals surface area contributed by atoms with Crippen molar-refractivity contribution in [1.82, 2.24) is 10.2 Å². The van der Waals surface area contributed by atoms with E-state index in [1.807, 2.05) is 22.6 Å². The van der Waals surface area contributed by atoms with Crippen molar-refractivity contribution in [2.45, 2.75) is 30.9 Å². The summed E-state index contributed by atoms with van der Waals surface area (Å²) < 4.78 is 43.3. The number of anilines is 2. The van der Waals surface area contributed by atoms with Gasteiger partial charge in [0.1, 0.15) is 11.4 Å². The molecule has 0 radical (unpaired) electrons. The van der Waals surface area contributed by atoms with Crippen LogP contribution in [0.5, 0.6) is 0 Å². The van der Waals surface area contributed by atoms with Crippen LogP contribution in [0.15, 0.2) is 30.3 Å². The number of carbonyl (C=O) groups is 1. The van der Waals surface area contributed by atoms with Gasteiger partial charge in [-0.15, -0.1) is 0 Å². The smallest absolute Gasteiger partial charge is 0.256 e. The Kier molecular flexibility index (Phi) is 5.95. The third kappa shape index (κ3) is 4.02. The first-order valence-corrected chi connectivity index (χ1v) is 10.8. The van der Waals surface area contributed by atoms with Crippen LogP contribution in [0.25, 0.3) is 0 Å². The fourth-order valence-electron chi connectivity index (χ4n) is 4.04. The number of hydrogen-bond donors (Lipinski definition) is 3. The Morgan fingerprint density at radius 3 is 2.77 bits per heavy atom. The minimum Gasteiger partial charge on any atom is -0.385 e. The number of carbonyl (C=O) groups excluding carboxylic acids is 1. The first-order chi connectivity index (χ1) is 14.3. The molecule has 0 bridgehead atoms. The molecule has 0 saturated carbocycles. The highest BCUT2D eigenvalue weighted by molar-refractivity contribution is 14.1. The van der Waals surface area contributed by atoms with Gasteiger partial charge >= 0.3 is 0 Å². The van der Waals surface area contributed by atoms with Gasteiger partial charge in [-0.3, -0.25) is 4.79 Å². The molecule has 0 aliphatic carbocycles. The average molecular weight is 543 g/mol. The molecule has 0 aromatic heterocycles. The van der Waals surface area contributed by atoms with Gasteiger partial charge in [0.05, 0.1) is 30.0 Å². The molecule has 2 aromatic carbocycles. The van der Waals surface area contributed by atoms with E-state index in [4.69, 9.17) is 0 Å². The summed E-state index contributed by atoms with van der Waals surface area (Å²) in [5.74, 6) is -3.61. The number of amides is 1. The molecule has 30 heavy (non-hydrogen) atoms. The van der Waals surface area contributed by atoms with Gasteiger partial charge in [0.2, 0.25) is 0 Å². The summed E-state index contributed by atoms with van der Waals surface area (Å²) in [7, 11) is 0. The van der Waals surface area contributed by atoms with Crippen molar-refractivity contribution < 1.29 is 23.1 Å². The fraction of sp³-hybridized carbons (Fsp3) is 0.381. The Hall–Kier alpha value is -1.85. The first kappa shape index (κ1) is 21.4. The maximum atomic E-state index is 14.6. The number of benzene rings is 2. The number of β-amino-alcohol motifs (C(OH)–C–C–N with tert-alkyl or cyclic N) is 1. The van der Waals surface area contributed by atoms with Crippen LogP contribution in [0, 0.1) is 21.0 Å². The highest BCUT2D eigenvalue weighted by Crippen LogP contribution is 2.34. The molecular formula is C21H21F3IN3O2. The fourth-order valence-corrected chi connectivity index (χ4v) is 4.49. The van der Waals surface area contributed by atoms with E-state index in [1.54, 1.807) is 6.07 Å². The molecule has 2 heterocycles. The Morgan fingerprint density at radius 2 is 2.10 bits per heavy atom.